The first-order chi connectivity index (χ1) is 11.7. The molecule has 7 heteroatoms. The van der Waals surface area contributed by atoms with Gasteiger partial charge in [-0.1, -0.05) is 0 Å². The molecule has 0 aromatic heterocycles. The van der Waals surface area contributed by atoms with E-state index in [-0.39, 0.29) is 11.8 Å². The van der Waals surface area contributed by atoms with Gasteiger partial charge in [-0.05, 0) is 31.4 Å². The molecule has 0 radical (unpaired) electrons. The fourth-order valence-electron chi connectivity index (χ4n) is 2.64. The number of ether oxygens (including phenoxy) is 3. The van der Waals surface area contributed by atoms with Crippen LogP contribution in [0.2, 0.25) is 0 Å². The van der Waals surface area contributed by atoms with E-state index in [1.54, 1.807) is 25.3 Å². The maximum atomic E-state index is 12.5. The normalized spacial score (nSPS) is 17.0. The number of nitrogens with one attached hydrogen (secondary N) is 2. The second-order valence-electron chi connectivity index (χ2n) is 6.00. The van der Waals surface area contributed by atoms with Gasteiger partial charge >= 0.3 is 0 Å². The van der Waals surface area contributed by atoms with E-state index in [0.717, 1.165) is 6.42 Å². The van der Waals surface area contributed by atoms with E-state index in [2.05, 4.69) is 10.6 Å². The van der Waals surface area contributed by atoms with E-state index < -0.39 is 5.41 Å². The zero-order chi connectivity index (χ0) is 17.0. The Balaban J connectivity index is 1.59. The molecule has 0 unspecified atom stereocenters. The molecular weight excluding hydrogens is 312 g/mol. The van der Waals surface area contributed by atoms with Crippen LogP contribution >= 0.6 is 0 Å². The quantitative estimate of drug-likeness (QED) is 0.580. The largest absolute Gasteiger partial charge is 0.486 e. The summed E-state index contributed by atoms with van der Waals surface area (Å²) < 4.78 is 15.9. The molecule has 0 atom stereocenters. The molecule has 7 nitrogen and oxygen atoms in total. The number of benzene rings is 1. The second kappa shape index (κ2) is 7.09. The lowest BCUT2D eigenvalue weighted by atomic mass is 10.0. The van der Waals surface area contributed by atoms with Gasteiger partial charge in [-0.15, -0.1) is 0 Å². The summed E-state index contributed by atoms with van der Waals surface area (Å²) in [6.45, 7) is 2.09. The van der Waals surface area contributed by atoms with Crippen molar-refractivity contribution in [1.29, 1.82) is 0 Å². The lowest BCUT2D eigenvalue weighted by Gasteiger charge is -2.20. The van der Waals surface area contributed by atoms with Gasteiger partial charge in [0.2, 0.25) is 11.8 Å². The highest BCUT2D eigenvalue weighted by atomic mass is 16.6. The molecule has 130 valence electrons. The highest BCUT2D eigenvalue weighted by molar-refractivity contribution is 6.13. The van der Waals surface area contributed by atoms with Crippen LogP contribution in [0.5, 0.6) is 11.5 Å². The first-order valence-corrected chi connectivity index (χ1v) is 8.14. The highest BCUT2D eigenvalue weighted by Gasteiger charge is 2.56. The molecular formula is C17H22N2O5. The highest BCUT2D eigenvalue weighted by Crippen LogP contribution is 2.47. The van der Waals surface area contributed by atoms with Crippen LogP contribution in [-0.2, 0) is 14.3 Å². The molecule has 3 rings (SSSR count). The summed E-state index contributed by atoms with van der Waals surface area (Å²) in [4.78, 5) is 24.8. The third kappa shape index (κ3) is 3.46. The minimum absolute atomic E-state index is 0.214. The van der Waals surface area contributed by atoms with Crippen LogP contribution in [0.25, 0.3) is 0 Å². The molecule has 1 aromatic carbocycles. The van der Waals surface area contributed by atoms with E-state index >= 15 is 0 Å². The number of rotatable bonds is 7. The van der Waals surface area contributed by atoms with Crippen molar-refractivity contribution in [2.75, 3.05) is 38.8 Å². The zero-order valence-corrected chi connectivity index (χ0v) is 13.7. The van der Waals surface area contributed by atoms with Crippen molar-refractivity contribution in [1.82, 2.24) is 5.32 Å². The predicted molar refractivity (Wildman–Crippen MR) is 87.2 cm³/mol. The maximum absolute atomic E-state index is 12.5. The number of amides is 2. The Morgan fingerprint density at radius 3 is 2.62 bits per heavy atom. The molecule has 2 aliphatic rings. The Labute approximate surface area is 140 Å². The third-order valence-electron chi connectivity index (χ3n) is 4.23. The summed E-state index contributed by atoms with van der Waals surface area (Å²) in [7, 11) is 1.62. The number of methoxy groups -OCH3 is 1. The van der Waals surface area contributed by atoms with Gasteiger partial charge in [0.25, 0.3) is 0 Å². The summed E-state index contributed by atoms with van der Waals surface area (Å²) in [5.41, 5.74) is -0.344. The van der Waals surface area contributed by atoms with Crippen molar-refractivity contribution < 1.29 is 23.8 Å². The number of fused-ring (bicyclic) bond motifs is 1. The molecule has 1 saturated carbocycles. The van der Waals surface area contributed by atoms with Crippen LogP contribution in [-0.4, -0.2) is 45.3 Å². The molecule has 2 N–H and O–H groups in total. The Kier molecular flexibility index (Phi) is 4.89. The number of hydrogen-bond acceptors (Lipinski definition) is 5. The standard InChI is InChI=1S/C17H22N2O5/c1-22-8-2-7-18-15(20)17(5-6-17)16(21)19-12-3-4-13-14(11-12)24-10-9-23-13/h3-4,11H,2,5-10H2,1H3,(H,18,20)(H,19,21). The minimum Gasteiger partial charge on any atom is -0.486 e. The summed E-state index contributed by atoms with van der Waals surface area (Å²) in [6.07, 6.45) is 1.86. The van der Waals surface area contributed by atoms with Crippen molar-refractivity contribution in [2.24, 2.45) is 5.41 Å². The summed E-state index contributed by atoms with van der Waals surface area (Å²) in [5, 5.41) is 5.63. The van der Waals surface area contributed by atoms with Crippen molar-refractivity contribution in [3.05, 3.63) is 18.2 Å². The Morgan fingerprint density at radius 2 is 1.92 bits per heavy atom. The van der Waals surface area contributed by atoms with Gasteiger partial charge in [-0.2, -0.15) is 0 Å². The zero-order valence-electron chi connectivity index (χ0n) is 13.7. The van der Waals surface area contributed by atoms with Crippen LogP contribution in [0.4, 0.5) is 5.69 Å². The Bertz CT molecular complexity index is 627. The van der Waals surface area contributed by atoms with Crippen LogP contribution in [0.15, 0.2) is 18.2 Å². The Morgan fingerprint density at radius 1 is 1.17 bits per heavy atom. The maximum Gasteiger partial charge on any atom is 0.240 e. The SMILES string of the molecule is COCCCNC(=O)C1(C(=O)Nc2ccc3c(c2)OCCO3)CC1. The molecule has 2 amide bonds. The smallest absolute Gasteiger partial charge is 0.240 e. The van der Waals surface area contributed by atoms with Gasteiger partial charge in [-0.25, -0.2) is 0 Å². The monoisotopic (exact) mass is 334 g/mol. The first-order valence-electron chi connectivity index (χ1n) is 8.14. The van der Waals surface area contributed by atoms with Crippen LogP contribution in [0, 0.1) is 5.41 Å². The summed E-state index contributed by atoms with van der Waals surface area (Å²) in [6, 6.07) is 5.23. The number of anilines is 1. The molecule has 1 heterocycles. The van der Waals surface area contributed by atoms with Gasteiger partial charge in [0.15, 0.2) is 11.5 Å². The van der Waals surface area contributed by atoms with Crippen molar-refractivity contribution >= 4 is 17.5 Å². The topological polar surface area (TPSA) is 85.9 Å². The summed E-state index contributed by atoms with van der Waals surface area (Å²) >= 11 is 0. The fourth-order valence-corrected chi connectivity index (χ4v) is 2.64. The third-order valence-corrected chi connectivity index (χ3v) is 4.23. The lowest BCUT2D eigenvalue weighted by Crippen LogP contribution is -2.40. The van der Waals surface area contributed by atoms with E-state index in [0.29, 0.717) is 56.4 Å². The molecule has 1 aliphatic heterocycles. The van der Waals surface area contributed by atoms with Crippen LogP contribution in [0.1, 0.15) is 19.3 Å². The predicted octanol–water partition coefficient (Wildman–Crippen LogP) is 1.33. The van der Waals surface area contributed by atoms with Gasteiger partial charge in [0.05, 0.1) is 0 Å². The fraction of sp³-hybridized carbons (Fsp3) is 0.529. The van der Waals surface area contributed by atoms with Gasteiger partial charge < -0.3 is 24.8 Å². The number of carbonyl (C=O) groups is 2. The summed E-state index contributed by atoms with van der Waals surface area (Å²) in [5.74, 6) is 0.779. The van der Waals surface area contributed by atoms with E-state index in [1.165, 1.54) is 0 Å². The minimum atomic E-state index is -0.944. The average Bonchev–Trinajstić information content (AvgIpc) is 3.40. The molecule has 1 aliphatic carbocycles. The van der Waals surface area contributed by atoms with E-state index in [1.807, 2.05) is 0 Å². The molecule has 0 bridgehead atoms. The molecule has 24 heavy (non-hydrogen) atoms. The molecule has 0 saturated heterocycles. The van der Waals surface area contributed by atoms with Gasteiger partial charge in [0.1, 0.15) is 18.6 Å². The second-order valence-corrected chi connectivity index (χ2v) is 6.00. The molecule has 1 aromatic rings. The number of carbonyl (C=O) groups excluding carboxylic acids is 2. The van der Waals surface area contributed by atoms with Crippen molar-refractivity contribution in [2.45, 2.75) is 19.3 Å². The average molecular weight is 334 g/mol. The van der Waals surface area contributed by atoms with Crippen LogP contribution in [0.3, 0.4) is 0 Å². The first kappa shape index (κ1) is 16.6. The number of hydrogen-bond donors (Lipinski definition) is 2. The van der Waals surface area contributed by atoms with Crippen molar-refractivity contribution in [3.63, 3.8) is 0 Å². The van der Waals surface area contributed by atoms with E-state index in [9.17, 15) is 9.59 Å². The van der Waals surface area contributed by atoms with Crippen LogP contribution < -0.4 is 20.1 Å². The lowest BCUT2D eigenvalue weighted by molar-refractivity contribution is -0.134. The van der Waals surface area contributed by atoms with E-state index in [4.69, 9.17) is 14.2 Å². The Hall–Kier alpha value is -2.28. The van der Waals surface area contributed by atoms with Gasteiger partial charge in [-0.3, -0.25) is 9.59 Å². The molecule has 0 spiro atoms. The van der Waals surface area contributed by atoms with Crippen molar-refractivity contribution in [3.8, 4) is 11.5 Å². The molecule has 1 fully saturated rings. The van der Waals surface area contributed by atoms with Gasteiger partial charge in [0, 0.05) is 32.0 Å².